The maximum absolute atomic E-state index is 2.71. The standard InChI is InChI=1S/C82H84N2/c1-8-12-14-29-53-80(6,10-3)62-43-49-70-71-50-44-63(81(7,11-4)54-30-15-13-9-2)56-75(71)82(74(70)55-62)76-57-66(83(64-35-23-18-24-36-64)78-39-27-25-37-68(78)60-31-19-16-20-32-60)47-51-72(76)73-52-48-67(58-77(73)82)84(65-45-41-59(5)42-46-65)79-40-28-26-38-69(79)61-33-21-17-22-34-61/h16-28,31-52,55-58H,8-15,29-30,53-54H2,1-7H3. The predicted octanol–water partition coefficient (Wildman–Crippen LogP) is 23.9. The zero-order valence-electron chi connectivity index (χ0n) is 50.9. The molecule has 0 bridgehead atoms. The summed E-state index contributed by atoms with van der Waals surface area (Å²) in [6.07, 6.45) is 14.5. The molecule has 422 valence electrons. The fourth-order valence-corrected chi connectivity index (χ4v) is 14.4. The van der Waals surface area contributed by atoms with Crippen molar-refractivity contribution in [2.75, 3.05) is 9.80 Å². The Morgan fingerprint density at radius 3 is 1.10 bits per heavy atom. The molecule has 2 nitrogen and oxygen atoms in total. The lowest BCUT2D eigenvalue weighted by atomic mass is 9.67. The molecule has 2 unspecified atom stereocenters. The van der Waals surface area contributed by atoms with E-state index >= 15 is 0 Å². The lowest BCUT2D eigenvalue weighted by Crippen LogP contribution is -2.29. The van der Waals surface area contributed by atoms with E-state index in [9.17, 15) is 0 Å². The van der Waals surface area contributed by atoms with Crippen LogP contribution in [-0.4, -0.2) is 0 Å². The number of hydrogen-bond acceptors (Lipinski definition) is 2. The van der Waals surface area contributed by atoms with Gasteiger partial charge in [0.1, 0.15) is 0 Å². The number of rotatable bonds is 22. The summed E-state index contributed by atoms with van der Waals surface area (Å²) < 4.78 is 0. The molecule has 1 spiro atoms. The minimum atomic E-state index is -0.680. The van der Waals surface area contributed by atoms with Crippen molar-refractivity contribution in [2.24, 2.45) is 0 Å². The maximum Gasteiger partial charge on any atom is 0.0727 e. The summed E-state index contributed by atoms with van der Waals surface area (Å²) in [5.41, 5.74) is 25.8. The summed E-state index contributed by atoms with van der Waals surface area (Å²) in [4.78, 5) is 5.04. The molecule has 0 radical (unpaired) electrons. The molecule has 0 heterocycles. The van der Waals surface area contributed by atoms with Gasteiger partial charge in [0, 0.05) is 33.9 Å². The van der Waals surface area contributed by atoms with Crippen LogP contribution in [0.2, 0.25) is 0 Å². The number of hydrogen-bond donors (Lipinski definition) is 0. The summed E-state index contributed by atoms with van der Waals surface area (Å²) in [5, 5.41) is 0. The van der Waals surface area contributed by atoms with E-state index in [1.165, 1.54) is 148 Å². The largest absolute Gasteiger partial charge is 0.310 e. The van der Waals surface area contributed by atoms with Gasteiger partial charge in [0.15, 0.2) is 0 Å². The molecule has 10 aromatic carbocycles. The molecule has 2 atom stereocenters. The number of para-hydroxylation sites is 3. The monoisotopic (exact) mass is 1100 g/mol. The molecule has 2 heteroatoms. The van der Waals surface area contributed by atoms with E-state index in [2.05, 4.69) is 295 Å². The minimum absolute atomic E-state index is 0.00573. The van der Waals surface area contributed by atoms with E-state index in [1.807, 2.05) is 0 Å². The fourth-order valence-electron chi connectivity index (χ4n) is 14.4. The van der Waals surface area contributed by atoms with Crippen LogP contribution in [0, 0.1) is 6.92 Å². The Balaban J connectivity index is 1.17. The van der Waals surface area contributed by atoms with E-state index in [4.69, 9.17) is 0 Å². The Kier molecular flexibility index (Phi) is 16.2. The van der Waals surface area contributed by atoms with Gasteiger partial charge in [-0.05, 0) is 171 Å². The van der Waals surface area contributed by atoms with Crippen LogP contribution in [-0.2, 0) is 16.2 Å². The normalized spacial score (nSPS) is 15.2. The highest BCUT2D eigenvalue weighted by Crippen LogP contribution is 2.65. The quantitative estimate of drug-likeness (QED) is 0.0624. The van der Waals surface area contributed by atoms with E-state index in [0.29, 0.717) is 0 Å². The molecule has 0 saturated heterocycles. The molecule has 0 aliphatic heterocycles. The van der Waals surface area contributed by atoms with Crippen molar-refractivity contribution in [3.63, 3.8) is 0 Å². The third-order valence-electron chi connectivity index (χ3n) is 19.6. The van der Waals surface area contributed by atoms with Gasteiger partial charge in [-0.2, -0.15) is 0 Å². The summed E-state index contributed by atoms with van der Waals surface area (Å²) in [7, 11) is 0. The van der Waals surface area contributed by atoms with Gasteiger partial charge in [0.25, 0.3) is 0 Å². The molecule has 0 N–H and O–H groups in total. The summed E-state index contributed by atoms with van der Waals surface area (Å²) >= 11 is 0. The van der Waals surface area contributed by atoms with Crippen molar-refractivity contribution in [2.45, 2.75) is 142 Å². The first-order valence-corrected chi connectivity index (χ1v) is 31.7. The van der Waals surface area contributed by atoms with Gasteiger partial charge in [-0.15, -0.1) is 0 Å². The number of aryl methyl sites for hydroxylation is 1. The van der Waals surface area contributed by atoms with Gasteiger partial charge < -0.3 is 9.80 Å². The molecule has 10 aromatic rings. The van der Waals surface area contributed by atoms with E-state index in [1.54, 1.807) is 0 Å². The smallest absolute Gasteiger partial charge is 0.0727 e. The Morgan fingerprint density at radius 1 is 0.321 bits per heavy atom. The molecule has 0 aromatic heterocycles. The van der Waals surface area contributed by atoms with Crippen molar-refractivity contribution in [1.29, 1.82) is 0 Å². The third kappa shape index (κ3) is 10.2. The van der Waals surface area contributed by atoms with Crippen molar-refractivity contribution in [3.05, 3.63) is 276 Å². The molecule has 84 heavy (non-hydrogen) atoms. The summed E-state index contributed by atoms with van der Waals surface area (Å²) in [6, 6.07) is 90.5. The van der Waals surface area contributed by atoms with Crippen molar-refractivity contribution in [3.8, 4) is 44.5 Å². The molecule has 2 aliphatic rings. The minimum Gasteiger partial charge on any atom is -0.310 e. The highest BCUT2D eigenvalue weighted by Gasteiger charge is 2.53. The van der Waals surface area contributed by atoms with Crippen molar-refractivity contribution in [1.82, 2.24) is 0 Å². The maximum atomic E-state index is 2.71. The third-order valence-corrected chi connectivity index (χ3v) is 19.6. The highest BCUT2D eigenvalue weighted by molar-refractivity contribution is 5.99. The van der Waals surface area contributed by atoms with Gasteiger partial charge in [-0.25, -0.2) is 0 Å². The first-order chi connectivity index (χ1) is 41.1. The van der Waals surface area contributed by atoms with Crippen molar-refractivity contribution < 1.29 is 0 Å². The van der Waals surface area contributed by atoms with Crippen molar-refractivity contribution >= 4 is 34.1 Å². The fraction of sp³-hybridized carbons (Fsp3) is 0.268. The number of benzene rings is 10. The highest BCUT2D eigenvalue weighted by atomic mass is 15.2. The molecule has 0 fully saturated rings. The zero-order valence-corrected chi connectivity index (χ0v) is 50.9. The zero-order chi connectivity index (χ0) is 57.8. The van der Waals surface area contributed by atoms with Gasteiger partial charge in [0.2, 0.25) is 0 Å². The Morgan fingerprint density at radius 2 is 0.679 bits per heavy atom. The Hall–Kier alpha value is -8.20. The molecule has 12 rings (SSSR count). The van der Waals surface area contributed by atoms with Crippen LogP contribution >= 0.6 is 0 Å². The van der Waals surface area contributed by atoms with Gasteiger partial charge >= 0.3 is 0 Å². The lowest BCUT2D eigenvalue weighted by Gasteiger charge is -2.36. The molecule has 0 amide bonds. The number of unbranched alkanes of at least 4 members (excludes halogenated alkanes) is 6. The van der Waals surface area contributed by atoms with E-state index in [-0.39, 0.29) is 10.8 Å². The predicted molar refractivity (Wildman–Crippen MR) is 361 cm³/mol. The average Bonchev–Trinajstić information content (AvgIpc) is 1.57. The molecule has 0 saturated carbocycles. The van der Waals surface area contributed by atoms with Crippen LogP contribution in [0.15, 0.2) is 237 Å². The molecular weight excluding hydrogens is 1010 g/mol. The van der Waals surface area contributed by atoms with Crippen LogP contribution in [0.3, 0.4) is 0 Å². The van der Waals surface area contributed by atoms with E-state index in [0.717, 1.165) is 47.0 Å². The number of fused-ring (bicyclic) bond motifs is 10. The summed E-state index contributed by atoms with van der Waals surface area (Å²) in [5.74, 6) is 0. The average molecular weight is 1100 g/mol. The summed E-state index contributed by atoms with van der Waals surface area (Å²) in [6.45, 7) is 16.8. The second-order valence-corrected chi connectivity index (χ2v) is 24.8. The molecule has 2 aliphatic carbocycles. The Labute approximate surface area is 502 Å². The second-order valence-electron chi connectivity index (χ2n) is 24.8. The first-order valence-electron chi connectivity index (χ1n) is 31.7. The van der Waals surface area contributed by atoms with E-state index < -0.39 is 5.41 Å². The lowest BCUT2D eigenvalue weighted by molar-refractivity contribution is 0.395. The van der Waals surface area contributed by atoms with Gasteiger partial charge in [-0.1, -0.05) is 274 Å². The van der Waals surface area contributed by atoms with Crippen LogP contribution < -0.4 is 9.80 Å². The molecular formula is C82H84N2. The number of anilines is 6. The SMILES string of the molecule is CCCCCCC(C)(CC)c1ccc2c(c1)C1(c3cc(N(c4ccccc4)c4ccccc4-c4ccccc4)ccc3-c3ccc(N(c4ccc(C)cc4)c4ccccc4-c4ccccc4)cc31)c1cc(C(C)(CC)CCCCCC)ccc1-2. The second kappa shape index (κ2) is 24.2. The van der Waals surface area contributed by atoms with Gasteiger partial charge in [0.05, 0.1) is 16.8 Å². The van der Waals surface area contributed by atoms with Crippen LogP contribution in [0.1, 0.15) is 158 Å². The van der Waals surface area contributed by atoms with Gasteiger partial charge in [-0.3, -0.25) is 0 Å². The van der Waals surface area contributed by atoms with Crippen LogP contribution in [0.4, 0.5) is 34.1 Å². The Bertz CT molecular complexity index is 3820. The first kappa shape index (κ1) is 56.3. The van der Waals surface area contributed by atoms with Crippen LogP contribution in [0.25, 0.3) is 44.5 Å². The topological polar surface area (TPSA) is 6.48 Å². The number of nitrogens with zero attached hydrogens (tertiary/aromatic N) is 2. The van der Waals surface area contributed by atoms with Crippen LogP contribution in [0.5, 0.6) is 0 Å².